The van der Waals surface area contributed by atoms with E-state index in [9.17, 15) is 9.59 Å². The largest absolute Gasteiger partial charge is 0.352 e. The van der Waals surface area contributed by atoms with Crippen LogP contribution in [0.4, 0.5) is 0 Å². The summed E-state index contributed by atoms with van der Waals surface area (Å²) in [5, 5.41) is 4.16. The van der Waals surface area contributed by atoms with E-state index in [1.807, 2.05) is 45.0 Å². The SMILES string of the molecule is CCC(C)NC(=O)C(C)N(Cc1cccc(C)c1)C(=O)CSCc1c(Cl)cccc1Cl. The molecule has 7 heteroatoms. The molecule has 2 aromatic carbocycles. The third-order valence-corrected chi connectivity index (χ3v) is 6.79. The van der Waals surface area contributed by atoms with Gasteiger partial charge in [0.2, 0.25) is 11.8 Å². The Bertz CT molecular complexity index is 887. The first-order valence-electron chi connectivity index (χ1n) is 10.4. The van der Waals surface area contributed by atoms with Crippen molar-refractivity contribution < 1.29 is 9.59 Å². The summed E-state index contributed by atoms with van der Waals surface area (Å²) in [6.45, 7) is 8.14. The average molecular weight is 481 g/mol. The van der Waals surface area contributed by atoms with E-state index in [1.165, 1.54) is 11.8 Å². The second-order valence-electron chi connectivity index (χ2n) is 7.70. The van der Waals surface area contributed by atoms with Crippen LogP contribution in [0.25, 0.3) is 0 Å². The van der Waals surface area contributed by atoms with E-state index in [0.29, 0.717) is 22.3 Å². The summed E-state index contributed by atoms with van der Waals surface area (Å²) in [6, 6.07) is 12.8. The third kappa shape index (κ3) is 7.74. The number of halogens is 2. The zero-order valence-corrected chi connectivity index (χ0v) is 20.8. The third-order valence-electron chi connectivity index (χ3n) is 5.14. The Morgan fingerprint density at radius 1 is 1.10 bits per heavy atom. The zero-order chi connectivity index (χ0) is 23.0. The minimum absolute atomic E-state index is 0.0580. The lowest BCUT2D eigenvalue weighted by molar-refractivity contribution is -0.138. The van der Waals surface area contributed by atoms with Crippen molar-refractivity contribution in [2.75, 3.05) is 5.75 Å². The molecule has 0 spiro atoms. The maximum Gasteiger partial charge on any atom is 0.242 e. The van der Waals surface area contributed by atoms with Crippen LogP contribution in [0.3, 0.4) is 0 Å². The van der Waals surface area contributed by atoms with E-state index in [4.69, 9.17) is 23.2 Å². The monoisotopic (exact) mass is 480 g/mol. The number of benzene rings is 2. The molecule has 0 radical (unpaired) electrons. The number of nitrogens with one attached hydrogen (secondary N) is 1. The van der Waals surface area contributed by atoms with Crippen LogP contribution in [-0.4, -0.2) is 34.6 Å². The maximum absolute atomic E-state index is 13.2. The van der Waals surface area contributed by atoms with Gasteiger partial charge in [-0.2, -0.15) is 0 Å². The Morgan fingerprint density at radius 3 is 2.35 bits per heavy atom. The van der Waals surface area contributed by atoms with Crippen molar-refractivity contribution in [1.82, 2.24) is 10.2 Å². The van der Waals surface area contributed by atoms with Crippen LogP contribution in [0, 0.1) is 6.92 Å². The van der Waals surface area contributed by atoms with Gasteiger partial charge in [0.05, 0.1) is 5.75 Å². The van der Waals surface area contributed by atoms with Crippen molar-refractivity contribution in [2.24, 2.45) is 0 Å². The normalized spacial score (nSPS) is 12.8. The van der Waals surface area contributed by atoms with Gasteiger partial charge in [-0.05, 0) is 50.5 Å². The van der Waals surface area contributed by atoms with Crippen LogP contribution in [-0.2, 0) is 21.9 Å². The van der Waals surface area contributed by atoms with Gasteiger partial charge in [0.1, 0.15) is 6.04 Å². The Labute approximate surface area is 199 Å². The molecule has 0 saturated heterocycles. The van der Waals surface area contributed by atoms with Crippen molar-refractivity contribution in [2.45, 2.75) is 58.5 Å². The summed E-state index contributed by atoms with van der Waals surface area (Å²) in [4.78, 5) is 27.6. The number of thioether (sulfide) groups is 1. The molecule has 0 bridgehead atoms. The fraction of sp³-hybridized carbons (Fsp3) is 0.417. The van der Waals surface area contributed by atoms with E-state index in [-0.39, 0.29) is 23.6 Å². The number of aryl methyl sites for hydroxylation is 1. The highest BCUT2D eigenvalue weighted by molar-refractivity contribution is 7.99. The van der Waals surface area contributed by atoms with Crippen LogP contribution in [0.5, 0.6) is 0 Å². The molecular weight excluding hydrogens is 451 g/mol. The van der Waals surface area contributed by atoms with Crippen molar-refractivity contribution in [3.63, 3.8) is 0 Å². The number of carbonyl (C=O) groups excluding carboxylic acids is 2. The highest BCUT2D eigenvalue weighted by Crippen LogP contribution is 2.28. The lowest BCUT2D eigenvalue weighted by atomic mass is 10.1. The Balaban J connectivity index is 2.12. The molecule has 31 heavy (non-hydrogen) atoms. The summed E-state index contributed by atoms with van der Waals surface area (Å²) in [6.07, 6.45) is 0.832. The van der Waals surface area contributed by atoms with Crippen molar-refractivity contribution in [3.05, 3.63) is 69.2 Å². The van der Waals surface area contributed by atoms with Crippen molar-refractivity contribution in [1.29, 1.82) is 0 Å². The molecule has 168 valence electrons. The molecule has 2 atom stereocenters. The van der Waals surface area contributed by atoms with E-state index in [1.54, 1.807) is 30.0 Å². The molecule has 0 saturated carbocycles. The van der Waals surface area contributed by atoms with E-state index in [0.717, 1.165) is 23.1 Å². The maximum atomic E-state index is 13.2. The van der Waals surface area contributed by atoms with Gasteiger partial charge in [-0.25, -0.2) is 0 Å². The number of nitrogens with zero attached hydrogens (tertiary/aromatic N) is 1. The molecule has 0 aliphatic heterocycles. The molecule has 0 heterocycles. The van der Waals surface area contributed by atoms with Gasteiger partial charge in [-0.3, -0.25) is 9.59 Å². The van der Waals surface area contributed by atoms with Crippen molar-refractivity contribution in [3.8, 4) is 0 Å². The highest BCUT2D eigenvalue weighted by atomic mass is 35.5. The van der Waals surface area contributed by atoms with Gasteiger partial charge >= 0.3 is 0 Å². The first-order chi connectivity index (χ1) is 14.7. The number of hydrogen-bond donors (Lipinski definition) is 1. The predicted molar refractivity (Wildman–Crippen MR) is 132 cm³/mol. The van der Waals surface area contributed by atoms with E-state index in [2.05, 4.69) is 5.32 Å². The molecule has 2 amide bonds. The van der Waals surface area contributed by atoms with E-state index >= 15 is 0 Å². The van der Waals surface area contributed by atoms with Gasteiger partial charge in [0.15, 0.2) is 0 Å². The Kier molecular flexibility index (Phi) is 10.2. The topological polar surface area (TPSA) is 49.4 Å². The molecule has 4 nitrogen and oxygen atoms in total. The van der Waals surface area contributed by atoms with Gasteiger partial charge in [0.25, 0.3) is 0 Å². The fourth-order valence-electron chi connectivity index (χ4n) is 3.05. The second-order valence-corrected chi connectivity index (χ2v) is 9.50. The number of hydrogen-bond acceptors (Lipinski definition) is 3. The fourth-order valence-corrected chi connectivity index (χ4v) is 4.70. The smallest absolute Gasteiger partial charge is 0.242 e. The van der Waals surface area contributed by atoms with Crippen LogP contribution >= 0.6 is 35.0 Å². The molecule has 0 aliphatic carbocycles. The quantitative estimate of drug-likeness (QED) is 0.462. The Morgan fingerprint density at radius 2 is 1.74 bits per heavy atom. The number of rotatable bonds is 10. The molecule has 1 N–H and O–H groups in total. The summed E-state index contributed by atoms with van der Waals surface area (Å²) in [5.41, 5.74) is 2.93. The molecule has 0 fully saturated rings. The molecule has 2 rings (SSSR count). The summed E-state index contributed by atoms with van der Waals surface area (Å²) >= 11 is 13.9. The molecule has 2 unspecified atom stereocenters. The van der Waals surface area contributed by atoms with Gasteiger partial charge < -0.3 is 10.2 Å². The lowest BCUT2D eigenvalue weighted by Crippen LogP contribution is -2.50. The van der Waals surface area contributed by atoms with Gasteiger partial charge in [-0.15, -0.1) is 11.8 Å². The molecular formula is C24H30Cl2N2O2S. The van der Waals surface area contributed by atoms with Crippen molar-refractivity contribution >= 4 is 46.8 Å². The van der Waals surface area contributed by atoms with Gasteiger partial charge in [-0.1, -0.05) is 66.0 Å². The summed E-state index contributed by atoms with van der Waals surface area (Å²) < 4.78 is 0. The molecule has 0 aromatic heterocycles. The Hall–Kier alpha value is -1.69. The highest BCUT2D eigenvalue weighted by Gasteiger charge is 2.26. The zero-order valence-electron chi connectivity index (χ0n) is 18.5. The first-order valence-corrected chi connectivity index (χ1v) is 12.3. The molecule has 2 aromatic rings. The first kappa shape index (κ1) is 25.6. The van der Waals surface area contributed by atoms with Crippen LogP contribution < -0.4 is 5.32 Å². The predicted octanol–water partition coefficient (Wildman–Crippen LogP) is 5.87. The number of carbonyl (C=O) groups is 2. The van der Waals surface area contributed by atoms with Gasteiger partial charge in [0, 0.05) is 28.4 Å². The summed E-state index contributed by atoms with van der Waals surface area (Å²) in [7, 11) is 0. The summed E-state index contributed by atoms with van der Waals surface area (Å²) in [5.74, 6) is 0.514. The number of amides is 2. The van der Waals surface area contributed by atoms with Crippen LogP contribution in [0.15, 0.2) is 42.5 Å². The van der Waals surface area contributed by atoms with E-state index < -0.39 is 6.04 Å². The minimum atomic E-state index is -0.577. The lowest BCUT2D eigenvalue weighted by Gasteiger charge is -2.29. The second kappa shape index (κ2) is 12.4. The standard InChI is InChI=1S/C24H30Cl2N2O2S/c1-5-17(3)27-24(30)18(4)28(13-19-9-6-8-16(2)12-19)23(29)15-31-14-20-21(25)10-7-11-22(20)26/h6-12,17-18H,5,13-15H2,1-4H3,(H,27,30). The van der Waals surface area contributed by atoms with Crippen LogP contribution in [0.2, 0.25) is 10.0 Å². The average Bonchev–Trinajstić information content (AvgIpc) is 2.73. The van der Waals surface area contributed by atoms with Crippen LogP contribution in [0.1, 0.15) is 43.9 Å². The minimum Gasteiger partial charge on any atom is -0.352 e. The molecule has 0 aliphatic rings.